The van der Waals surface area contributed by atoms with Crippen molar-refractivity contribution in [3.05, 3.63) is 60.7 Å². The van der Waals surface area contributed by atoms with E-state index in [1.807, 2.05) is 0 Å². The van der Waals surface area contributed by atoms with Gasteiger partial charge in [0.25, 0.3) is 10.1 Å². The molecule has 0 radical (unpaired) electrons. The second-order valence-corrected chi connectivity index (χ2v) is 17.3. The van der Waals surface area contributed by atoms with Gasteiger partial charge in [0.05, 0.1) is 81.0 Å². The SMILES string of the molecule is Nc1c(N=Nc2ccc(S(=O)(=O)CCOS(=O)(=O)O)cc2)c(S(=O)(=O)O)cc2cc(SOOO)c(N=Nc3ccc(SOOCCS(=O)OOO)cc3)c(O)c12. The lowest BCUT2D eigenvalue weighted by molar-refractivity contribution is -0.435. The topological polar surface area (TPSA) is 361 Å². The molecule has 1 atom stereocenters. The summed E-state index contributed by atoms with van der Waals surface area (Å²) in [6.07, 6.45) is 0. The normalized spacial score (nSPS) is 13.3. The molecule has 56 heavy (non-hydrogen) atoms. The van der Waals surface area contributed by atoms with E-state index in [4.69, 9.17) is 30.0 Å². The number of phenols is 1. The Morgan fingerprint density at radius 3 is 1.98 bits per heavy atom. The molecule has 4 rings (SSSR count). The first-order chi connectivity index (χ1) is 26.4. The third-order valence-electron chi connectivity index (χ3n) is 6.51. The molecule has 0 aliphatic heterocycles. The monoisotopic (exact) mass is 903 g/mol. The minimum Gasteiger partial charge on any atom is -0.505 e. The zero-order valence-electron chi connectivity index (χ0n) is 27.4. The molecule has 0 heterocycles. The summed E-state index contributed by atoms with van der Waals surface area (Å²) in [6.45, 7) is -1.04. The Labute approximate surface area is 326 Å². The van der Waals surface area contributed by atoms with Gasteiger partial charge in [0.15, 0.2) is 26.7 Å². The van der Waals surface area contributed by atoms with Gasteiger partial charge in [-0.2, -0.15) is 31.4 Å². The van der Waals surface area contributed by atoms with Gasteiger partial charge in [-0.3, -0.25) is 9.11 Å². The molecule has 0 aromatic heterocycles. The number of hydrogen-bond donors (Lipinski definition) is 6. The van der Waals surface area contributed by atoms with E-state index in [1.165, 1.54) is 18.2 Å². The first-order valence-corrected chi connectivity index (χ1v) is 21.6. The van der Waals surface area contributed by atoms with Crippen LogP contribution in [0.3, 0.4) is 0 Å². The van der Waals surface area contributed by atoms with E-state index >= 15 is 0 Å². The molecule has 4 aromatic rings. The molecule has 7 N–H and O–H groups in total. The maximum absolute atomic E-state index is 12.5. The number of rotatable bonds is 21. The fraction of sp³-hybridized carbons (Fsp3) is 0.154. The van der Waals surface area contributed by atoms with E-state index in [0.717, 1.165) is 42.4 Å². The number of nitrogens with zero attached hydrogens (tertiary/aromatic N) is 4. The smallest absolute Gasteiger partial charge is 0.397 e. The van der Waals surface area contributed by atoms with Crippen LogP contribution >= 0.6 is 24.1 Å². The molecular weight excluding hydrogens is 879 g/mol. The van der Waals surface area contributed by atoms with Crippen LogP contribution in [0.15, 0.2) is 101 Å². The van der Waals surface area contributed by atoms with Crippen molar-refractivity contribution in [1.82, 2.24) is 0 Å². The molecular formula is C26H25N5O19S6. The zero-order chi connectivity index (χ0) is 41.1. The van der Waals surface area contributed by atoms with Crippen LogP contribution in [0.25, 0.3) is 10.8 Å². The molecule has 0 fully saturated rings. The summed E-state index contributed by atoms with van der Waals surface area (Å²) < 4.78 is 118. The van der Waals surface area contributed by atoms with Crippen molar-refractivity contribution in [3.8, 4) is 5.75 Å². The summed E-state index contributed by atoms with van der Waals surface area (Å²) in [7, 11) is -14.0. The van der Waals surface area contributed by atoms with Gasteiger partial charge in [0.1, 0.15) is 16.3 Å². The number of azo groups is 2. The Balaban J connectivity index is 1.64. The van der Waals surface area contributed by atoms with Crippen molar-refractivity contribution >= 4 is 105 Å². The summed E-state index contributed by atoms with van der Waals surface area (Å²) >= 11 is -0.862. The third-order valence-corrected chi connectivity index (χ3v) is 11.5. The highest BCUT2D eigenvalue weighted by Gasteiger charge is 2.26. The van der Waals surface area contributed by atoms with Gasteiger partial charge < -0.3 is 10.8 Å². The first-order valence-electron chi connectivity index (χ1n) is 14.4. The number of phenolic OH excluding ortho intramolecular Hbond substituents is 1. The maximum atomic E-state index is 12.5. The van der Waals surface area contributed by atoms with Crippen LogP contribution < -0.4 is 5.73 Å². The second-order valence-electron chi connectivity index (χ2n) is 10.1. The van der Waals surface area contributed by atoms with Crippen LogP contribution in [-0.2, 0) is 73.6 Å². The number of hydrogen-bond acceptors (Lipinski definition) is 24. The van der Waals surface area contributed by atoms with E-state index in [1.54, 1.807) is 12.1 Å². The van der Waals surface area contributed by atoms with Gasteiger partial charge in [-0.1, -0.05) is 10.1 Å². The highest BCUT2D eigenvalue weighted by Crippen LogP contribution is 2.49. The van der Waals surface area contributed by atoms with Crippen LogP contribution in [0.5, 0.6) is 5.75 Å². The largest absolute Gasteiger partial charge is 0.505 e. The number of benzene rings is 4. The Hall–Kier alpha value is -3.80. The predicted molar refractivity (Wildman–Crippen MR) is 192 cm³/mol. The molecule has 1 unspecified atom stereocenters. The van der Waals surface area contributed by atoms with Gasteiger partial charge in [0, 0.05) is 4.90 Å². The van der Waals surface area contributed by atoms with Crippen LogP contribution in [0, 0.1) is 0 Å². The molecule has 0 amide bonds. The van der Waals surface area contributed by atoms with Crippen molar-refractivity contribution in [3.63, 3.8) is 0 Å². The van der Waals surface area contributed by atoms with Gasteiger partial charge in [-0.25, -0.2) is 32.2 Å². The van der Waals surface area contributed by atoms with Crippen molar-refractivity contribution in [2.75, 3.05) is 30.5 Å². The van der Waals surface area contributed by atoms with Crippen LogP contribution in [0.1, 0.15) is 0 Å². The molecule has 0 bridgehead atoms. The third kappa shape index (κ3) is 12.9. The van der Waals surface area contributed by atoms with E-state index in [-0.39, 0.29) is 50.0 Å². The van der Waals surface area contributed by atoms with E-state index in [9.17, 15) is 39.1 Å². The molecule has 0 saturated heterocycles. The van der Waals surface area contributed by atoms with E-state index in [2.05, 4.69) is 43.4 Å². The number of fused-ring (bicyclic) bond motifs is 1. The highest BCUT2D eigenvalue weighted by molar-refractivity contribution is 7.95. The van der Waals surface area contributed by atoms with Crippen LogP contribution in [-0.4, -0.2) is 78.9 Å². The summed E-state index contributed by atoms with van der Waals surface area (Å²) in [5.74, 6) is -1.69. The minimum absolute atomic E-state index is 0.0494. The second kappa shape index (κ2) is 20.1. The standard InChI is InChI=1S/C26H25N5O19S6/c27-23-22-15(14-21(55(38,39)40)25(23)31-29-17-3-7-19(8-4-17)54(36,37)12-10-45-56(41,42)43)13-20(52-49-46-33)24(26(22)32)30-28-16-1-5-18(6-2-16)51-48-44-9-11-53(35)50-47-34/h1-8,13-14,32-34H,9-12,27H2,(H,38,39,40)(H,41,42,43). The fourth-order valence-corrected chi connectivity index (χ4v) is 7.60. The van der Waals surface area contributed by atoms with Crippen molar-refractivity contribution in [2.45, 2.75) is 19.6 Å². The quantitative estimate of drug-likeness (QED) is 0.0118. The number of nitrogens with two attached hydrogens (primary N) is 1. The van der Waals surface area contributed by atoms with Gasteiger partial charge in [0.2, 0.25) is 0 Å². The molecule has 0 saturated carbocycles. The minimum atomic E-state index is -5.08. The van der Waals surface area contributed by atoms with E-state index in [0.29, 0.717) is 16.9 Å². The Morgan fingerprint density at radius 2 is 1.39 bits per heavy atom. The lowest BCUT2D eigenvalue weighted by Crippen LogP contribution is -2.15. The zero-order valence-corrected chi connectivity index (χ0v) is 32.3. The Bertz CT molecular complexity index is 2440. The van der Waals surface area contributed by atoms with E-state index < -0.39 is 75.8 Å². The summed E-state index contributed by atoms with van der Waals surface area (Å²) in [5.41, 5.74) is 4.98. The summed E-state index contributed by atoms with van der Waals surface area (Å²) in [4.78, 5) is 4.09. The Kier molecular flexibility index (Phi) is 16.1. The maximum Gasteiger partial charge on any atom is 0.397 e. The van der Waals surface area contributed by atoms with Gasteiger partial charge in [-0.05, 0) is 66.0 Å². The molecule has 24 nitrogen and oxygen atoms in total. The molecule has 304 valence electrons. The molecule has 0 spiro atoms. The number of sulfone groups is 1. The lowest BCUT2D eigenvalue weighted by atomic mass is 10.1. The number of anilines is 1. The van der Waals surface area contributed by atoms with Crippen molar-refractivity contribution in [2.24, 2.45) is 20.5 Å². The predicted octanol–water partition coefficient (Wildman–Crippen LogP) is 5.27. The molecule has 4 aromatic carbocycles. The number of nitrogen functional groups attached to an aromatic ring is 1. The fourth-order valence-electron chi connectivity index (χ4n) is 4.16. The molecule has 0 aliphatic rings. The average Bonchev–Trinajstić information content (AvgIpc) is 3.12. The average molecular weight is 904 g/mol. The first kappa shape index (κ1) is 44.9. The molecule has 0 aliphatic carbocycles. The van der Waals surface area contributed by atoms with Crippen LogP contribution in [0.4, 0.5) is 28.4 Å². The highest BCUT2D eigenvalue weighted by atomic mass is 32.3. The van der Waals surface area contributed by atoms with Crippen molar-refractivity contribution < 1.29 is 86.3 Å². The van der Waals surface area contributed by atoms with Gasteiger partial charge >= 0.3 is 10.4 Å². The molecule has 30 heteroatoms. The summed E-state index contributed by atoms with van der Waals surface area (Å²) in [5, 5.41) is 50.6. The Morgan fingerprint density at radius 1 is 0.768 bits per heavy atom. The van der Waals surface area contributed by atoms with Crippen molar-refractivity contribution in [1.29, 1.82) is 0 Å². The van der Waals surface area contributed by atoms with Gasteiger partial charge in [-0.15, -0.1) is 18.9 Å². The lowest BCUT2D eigenvalue weighted by Gasteiger charge is -2.14. The van der Waals surface area contributed by atoms with Crippen LogP contribution in [0.2, 0.25) is 0 Å². The summed E-state index contributed by atoms with van der Waals surface area (Å²) in [6, 6.07) is 12.6. The number of aromatic hydroxyl groups is 1.